The number of hydrogen-bond donors (Lipinski definition) is 1. The molecule has 0 atom stereocenters. The Morgan fingerprint density at radius 3 is 2.50 bits per heavy atom. The number of rotatable bonds is 3. The van der Waals surface area contributed by atoms with Gasteiger partial charge < -0.3 is 4.74 Å². The van der Waals surface area contributed by atoms with Crippen molar-refractivity contribution >= 4 is 0 Å². The molecule has 20 heavy (non-hydrogen) atoms. The smallest absolute Gasteiger partial charge is 0.181 e. The Kier molecular flexibility index (Phi) is 3.21. The Morgan fingerprint density at radius 2 is 1.80 bits per heavy atom. The lowest BCUT2D eigenvalue weighted by Gasteiger charge is -2.00. The van der Waals surface area contributed by atoms with Gasteiger partial charge in [-0.3, -0.25) is 5.10 Å². The van der Waals surface area contributed by atoms with Crippen LogP contribution in [0.3, 0.4) is 0 Å². The topological polar surface area (TPSA) is 50.8 Å². The number of H-pyrrole nitrogens is 1. The molecule has 0 saturated heterocycles. The summed E-state index contributed by atoms with van der Waals surface area (Å²) in [5.74, 6) is 2.29. The Balaban J connectivity index is 1.93. The molecule has 4 nitrogen and oxygen atoms in total. The zero-order valence-electron chi connectivity index (χ0n) is 11.4. The van der Waals surface area contributed by atoms with E-state index in [2.05, 4.69) is 34.2 Å². The fraction of sp³-hybridized carbons (Fsp3) is 0.125. The zero-order chi connectivity index (χ0) is 13.9. The molecule has 2 aromatic carbocycles. The van der Waals surface area contributed by atoms with E-state index < -0.39 is 0 Å². The van der Waals surface area contributed by atoms with Crippen LogP contribution in [-0.4, -0.2) is 22.3 Å². The molecule has 3 rings (SSSR count). The highest BCUT2D eigenvalue weighted by atomic mass is 16.5. The second kappa shape index (κ2) is 5.17. The molecule has 1 aromatic heterocycles. The molecule has 0 bridgehead atoms. The molecule has 0 unspecified atom stereocenters. The van der Waals surface area contributed by atoms with Crippen molar-refractivity contribution < 1.29 is 4.74 Å². The lowest BCUT2D eigenvalue weighted by Crippen LogP contribution is -1.84. The van der Waals surface area contributed by atoms with Crippen LogP contribution in [0.4, 0.5) is 0 Å². The predicted octanol–water partition coefficient (Wildman–Crippen LogP) is 3.46. The Morgan fingerprint density at radius 1 is 1.00 bits per heavy atom. The molecule has 1 N–H and O–H groups in total. The first-order valence-electron chi connectivity index (χ1n) is 6.40. The lowest BCUT2D eigenvalue weighted by molar-refractivity contribution is 0.415. The van der Waals surface area contributed by atoms with Gasteiger partial charge in [-0.15, -0.1) is 0 Å². The van der Waals surface area contributed by atoms with E-state index >= 15 is 0 Å². The van der Waals surface area contributed by atoms with E-state index in [-0.39, 0.29) is 0 Å². The maximum Gasteiger partial charge on any atom is 0.181 e. The minimum atomic E-state index is 0.708. The van der Waals surface area contributed by atoms with Gasteiger partial charge in [-0.2, -0.15) is 5.10 Å². The summed E-state index contributed by atoms with van der Waals surface area (Å²) in [7, 11) is 1.65. The molecule has 100 valence electrons. The molecule has 0 aliphatic heterocycles. The number of ether oxygens (including phenoxy) is 1. The monoisotopic (exact) mass is 265 g/mol. The van der Waals surface area contributed by atoms with Crippen LogP contribution in [0.1, 0.15) is 5.56 Å². The number of methoxy groups -OCH3 is 1. The van der Waals surface area contributed by atoms with Gasteiger partial charge in [-0.05, 0) is 37.3 Å². The van der Waals surface area contributed by atoms with E-state index in [1.807, 2.05) is 36.4 Å². The van der Waals surface area contributed by atoms with Crippen molar-refractivity contribution in [2.75, 3.05) is 7.11 Å². The van der Waals surface area contributed by atoms with E-state index in [0.29, 0.717) is 5.82 Å². The highest BCUT2D eigenvalue weighted by Crippen LogP contribution is 2.22. The van der Waals surface area contributed by atoms with Crippen molar-refractivity contribution in [2.45, 2.75) is 6.92 Å². The van der Waals surface area contributed by atoms with Gasteiger partial charge in [0.2, 0.25) is 0 Å². The first-order chi connectivity index (χ1) is 9.76. The molecular weight excluding hydrogens is 250 g/mol. The van der Waals surface area contributed by atoms with Crippen molar-refractivity contribution in [1.82, 2.24) is 15.2 Å². The SMILES string of the molecule is COc1ccc(-c2nc(-c3cccc(C)c3)n[nH]2)cc1. The summed E-state index contributed by atoms with van der Waals surface area (Å²) in [6, 6.07) is 15.9. The summed E-state index contributed by atoms with van der Waals surface area (Å²) in [5, 5.41) is 7.25. The van der Waals surface area contributed by atoms with E-state index in [1.165, 1.54) is 5.56 Å². The first kappa shape index (κ1) is 12.4. The quantitative estimate of drug-likeness (QED) is 0.789. The largest absolute Gasteiger partial charge is 0.497 e. The van der Waals surface area contributed by atoms with Crippen LogP contribution in [-0.2, 0) is 0 Å². The number of benzene rings is 2. The highest BCUT2D eigenvalue weighted by Gasteiger charge is 2.07. The Hall–Kier alpha value is -2.62. The van der Waals surface area contributed by atoms with Gasteiger partial charge >= 0.3 is 0 Å². The van der Waals surface area contributed by atoms with Crippen LogP contribution < -0.4 is 4.74 Å². The summed E-state index contributed by atoms with van der Waals surface area (Å²) >= 11 is 0. The number of aromatic amines is 1. The van der Waals surface area contributed by atoms with Crippen molar-refractivity contribution in [3.05, 3.63) is 54.1 Å². The molecular formula is C16H15N3O. The Bertz CT molecular complexity index is 717. The van der Waals surface area contributed by atoms with Crippen LogP contribution in [0.25, 0.3) is 22.8 Å². The second-order valence-corrected chi connectivity index (χ2v) is 4.61. The zero-order valence-corrected chi connectivity index (χ0v) is 11.4. The summed E-state index contributed by atoms with van der Waals surface area (Å²) in [4.78, 5) is 4.54. The van der Waals surface area contributed by atoms with E-state index in [0.717, 1.165) is 22.7 Å². The number of aromatic nitrogens is 3. The molecule has 0 radical (unpaired) electrons. The molecule has 4 heteroatoms. The van der Waals surface area contributed by atoms with Crippen LogP contribution in [0.2, 0.25) is 0 Å². The van der Waals surface area contributed by atoms with Gasteiger partial charge in [0.25, 0.3) is 0 Å². The third-order valence-corrected chi connectivity index (χ3v) is 3.13. The highest BCUT2D eigenvalue weighted by molar-refractivity contribution is 5.62. The van der Waals surface area contributed by atoms with Crippen molar-refractivity contribution in [2.24, 2.45) is 0 Å². The summed E-state index contributed by atoms with van der Waals surface area (Å²) < 4.78 is 5.15. The lowest BCUT2D eigenvalue weighted by atomic mass is 10.1. The third kappa shape index (κ3) is 2.40. The maximum absolute atomic E-state index is 5.15. The molecule has 0 fully saturated rings. The standard InChI is InChI=1S/C16H15N3O/c1-11-4-3-5-13(10-11)16-17-15(18-19-16)12-6-8-14(20-2)9-7-12/h3-10H,1-2H3,(H,17,18,19). The van der Waals surface area contributed by atoms with E-state index in [4.69, 9.17) is 4.74 Å². The second-order valence-electron chi connectivity index (χ2n) is 4.61. The fourth-order valence-corrected chi connectivity index (χ4v) is 2.05. The summed E-state index contributed by atoms with van der Waals surface area (Å²) in [6.45, 7) is 2.06. The first-order valence-corrected chi connectivity index (χ1v) is 6.40. The van der Waals surface area contributed by atoms with Gasteiger partial charge in [0, 0.05) is 11.1 Å². The molecule has 0 spiro atoms. The molecule has 0 aliphatic rings. The van der Waals surface area contributed by atoms with Crippen molar-refractivity contribution in [3.8, 4) is 28.5 Å². The molecule has 0 amide bonds. The summed E-state index contributed by atoms with van der Waals surface area (Å²) in [6.07, 6.45) is 0. The van der Waals surface area contributed by atoms with Gasteiger partial charge in [-0.1, -0.05) is 23.8 Å². The maximum atomic E-state index is 5.15. The van der Waals surface area contributed by atoms with Crippen LogP contribution in [0, 0.1) is 6.92 Å². The molecule has 0 aliphatic carbocycles. The van der Waals surface area contributed by atoms with E-state index in [1.54, 1.807) is 7.11 Å². The van der Waals surface area contributed by atoms with Gasteiger partial charge in [0.05, 0.1) is 7.11 Å². The minimum Gasteiger partial charge on any atom is -0.497 e. The van der Waals surface area contributed by atoms with Gasteiger partial charge in [-0.25, -0.2) is 4.98 Å². The fourth-order valence-electron chi connectivity index (χ4n) is 2.05. The van der Waals surface area contributed by atoms with Gasteiger partial charge in [0.1, 0.15) is 5.75 Å². The van der Waals surface area contributed by atoms with E-state index in [9.17, 15) is 0 Å². The number of nitrogens with one attached hydrogen (secondary N) is 1. The van der Waals surface area contributed by atoms with Crippen LogP contribution in [0.15, 0.2) is 48.5 Å². The molecule has 3 aromatic rings. The van der Waals surface area contributed by atoms with Crippen LogP contribution >= 0.6 is 0 Å². The summed E-state index contributed by atoms with van der Waals surface area (Å²) in [5.41, 5.74) is 3.19. The van der Waals surface area contributed by atoms with Crippen molar-refractivity contribution in [1.29, 1.82) is 0 Å². The van der Waals surface area contributed by atoms with Gasteiger partial charge in [0.15, 0.2) is 11.6 Å². The molecule has 0 saturated carbocycles. The van der Waals surface area contributed by atoms with Crippen LogP contribution in [0.5, 0.6) is 5.75 Å². The normalized spacial score (nSPS) is 10.5. The minimum absolute atomic E-state index is 0.708. The number of nitrogens with zero attached hydrogens (tertiary/aromatic N) is 2. The number of aryl methyl sites for hydroxylation is 1. The average molecular weight is 265 g/mol. The van der Waals surface area contributed by atoms with Crippen molar-refractivity contribution in [3.63, 3.8) is 0 Å². The predicted molar refractivity (Wildman–Crippen MR) is 78.5 cm³/mol. The average Bonchev–Trinajstić information content (AvgIpc) is 2.97. The Labute approximate surface area is 117 Å². The molecule has 1 heterocycles. The number of hydrogen-bond acceptors (Lipinski definition) is 3. The third-order valence-electron chi connectivity index (χ3n) is 3.13.